The number of rotatable bonds is 3. The minimum Gasteiger partial charge on any atom is -0.755 e. The van der Waals surface area contributed by atoms with E-state index in [9.17, 15) is 21.9 Å². The van der Waals surface area contributed by atoms with Crippen molar-refractivity contribution in [1.29, 1.82) is 0 Å². The Bertz CT molecular complexity index is 924. The van der Waals surface area contributed by atoms with E-state index < -0.39 is 23.0 Å². The Hall–Kier alpha value is -2.24. The van der Waals surface area contributed by atoms with Crippen molar-refractivity contribution in [3.63, 3.8) is 0 Å². The van der Waals surface area contributed by atoms with Gasteiger partial charge in [-0.2, -0.15) is 13.2 Å². The molecule has 1 saturated heterocycles. The van der Waals surface area contributed by atoms with Crippen LogP contribution in [0.1, 0.15) is 48.8 Å². The number of nitrogens with one attached hydrogen (secondary N) is 2. The number of piperidine rings is 1. The highest BCUT2D eigenvalue weighted by atomic mass is 32.2. The molecule has 0 saturated carbocycles. The largest absolute Gasteiger partial charge is 0.755 e. The van der Waals surface area contributed by atoms with Gasteiger partial charge in [-0.25, -0.2) is 0 Å². The molecule has 2 heterocycles. The quantitative estimate of drug-likeness (QED) is 0.608. The predicted molar refractivity (Wildman–Crippen MR) is 113 cm³/mol. The Labute approximate surface area is 181 Å². The van der Waals surface area contributed by atoms with Gasteiger partial charge in [0.15, 0.2) is 0 Å². The van der Waals surface area contributed by atoms with E-state index in [4.69, 9.17) is 5.73 Å². The van der Waals surface area contributed by atoms with Crippen molar-refractivity contribution in [2.45, 2.75) is 51.1 Å². The zero-order chi connectivity index (χ0) is 22.4. The molecule has 170 valence electrons. The van der Waals surface area contributed by atoms with Crippen LogP contribution in [-0.4, -0.2) is 32.0 Å². The van der Waals surface area contributed by atoms with Crippen molar-refractivity contribution in [3.05, 3.63) is 34.9 Å². The number of fused-ring (bicyclic) bond motifs is 1. The molecule has 1 aliphatic heterocycles. The molecule has 4 rings (SSSR count). The zero-order valence-electron chi connectivity index (χ0n) is 16.9. The molecule has 1 aromatic heterocycles. The van der Waals surface area contributed by atoms with Crippen LogP contribution in [-0.2, 0) is 30.3 Å². The number of hydrogen-bond donors (Lipinski definition) is 3. The van der Waals surface area contributed by atoms with Crippen molar-refractivity contribution in [2.75, 3.05) is 23.5 Å². The molecule has 2 aromatic rings. The molecule has 0 spiro atoms. The highest BCUT2D eigenvalue weighted by molar-refractivity contribution is 7.80. The number of nitrogens with zero attached hydrogens (tertiary/aromatic N) is 2. The van der Waals surface area contributed by atoms with Crippen LogP contribution in [0.5, 0.6) is 0 Å². The molecule has 0 amide bonds. The maximum absolute atomic E-state index is 12.9. The van der Waals surface area contributed by atoms with Crippen molar-refractivity contribution in [1.82, 2.24) is 15.5 Å². The highest BCUT2D eigenvalue weighted by Crippen LogP contribution is 2.39. The van der Waals surface area contributed by atoms with E-state index in [0.29, 0.717) is 24.4 Å². The summed E-state index contributed by atoms with van der Waals surface area (Å²) in [7, 11) is 0. The number of nitrogens with two attached hydrogens (primary N) is 1. The Morgan fingerprint density at radius 2 is 1.71 bits per heavy atom. The van der Waals surface area contributed by atoms with Gasteiger partial charge in [-0.05, 0) is 69.3 Å². The molecule has 11 heteroatoms. The van der Waals surface area contributed by atoms with E-state index in [2.05, 4.69) is 15.5 Å². The third-order valence-electron chi connectivity index (χ3n) is 5.32. The number of nitrogen functional groups attached to an aromatic ring is 1. The highest BCUT2D eigenvalue weighted by Gasteiger charge is 2.32. The van der Waals surface area contributed by atoms with Crippen LogP contribution in [0, 0.1) is 0 Å². The summed E-state index contributed by atoms with van der Waals surface area (Å²) in [6.45, 7) is 2.50. The van der Waals surface area contributed by atoms with E-state index in [0.717, 1.165) is 36.1 Å². The van der Waals surface area contributed by atoms with Crippen molar-refractivity contribution < 1.29 is 21.9 Å². The first-order chi connectivity index (χ1) is 14.8. The summed E-state index contributed by atoms with van der Waals surface area (Å²) in [6, 6.07) is 2.84. The number of benzene rings is 1. The smallest absolute Gasteiger partial charge is 0.416 e. The fourth-order valence-electron chi connectivity index (χ4n) is 3.79. The lowest BCUT2D eigenvalue weighted by molar-refractivity contribution is -0.137. The normalized spacial score (nSPS) is 17.2. The van der Waals surface area contributed by atoms with Crippen LogP contribution in [0.3, 0.4) is 0 Å². The molecule has 0 bridgehead atoms. The van der Waals surface area contributed by atoms with E-state index in [1.165, 1.54) is 38.4 Å². The molecule has 7 nitrogen and oxygen atoms in total. The van der Waals surface area contributed by atoms with Crippen molar-refractivity contribution in [3.8, 4) is 11.3 Å². The molecule has 1 unspecified atom stereocenters. The number of halogens is 3. The molecule has 1 aromatic carbocycles. The summed E-state index contributed by atoms with van der Waals surface area (Å²) in [5.74, 6) is 0.298. The van der Waals surface area contributed by atoms with Gasteiger partial charge < -0.3 is 20.3 Å². The maximum Gasteiger partial charge on any atom is 0.416 e. The molecule has 1 fully saturated rings. The predicted octanol–water partition coefficient (Wildman–Crippen LogP) is 3.59. The first-order valence-corrected chi connectivity index (χ1v) is 11.3. The van der Waals surface area contributed by atoms with Crippen LogP contribution in [0.2, 0.25) is 0 Å². The average Bonchev–Trinajstić information content (AvgIpc) is 2.75. The third-order valence-corrected chi connectivity index (χ3v) is 5.71. The van der Waals surface area contributed by atoms with Gasteiger partial charge in [0, 0.05) is 22.4 Å². The monoisotopic (exact) mass is 456 g/mol. The summed E-state index contributed by atoms with van der Waals surface area (Å²) in [5.41, 5.74) is 6.92. The first kappa shape index (κ1) is 23.4. The van der Waals surface area contributed by atoms with E-state index in [1.807, 2.05) is 4.72 Å². The number of aromatic nitrogens is 2. The van der Waals surface area contributed by atoms with Crippen LogP contribution >= 0.6 is 0 Å². The third kappa shape index (κ3) is 6.14. The second-order valence-electron chi connectivity index (χ2n) is 7.50. The van der Waals surface area contributed by atoms with Crippen molar-refractivity contribution in [2.24, 2.45) is 0 Å². The van der Waals surface area contributed by atoms with Gasteiger partial charge in [0.1, 0.15) is 5.82 Å². The molecule has 1 aliphatic carbocycles. The topological polar surface area (TPSA) is 116 Å². The number of hydrogen-bond acceptors (Lipinski definition) is 6. The van der Waals surface area contributed by atoms with Gasteiger partial charge >= 0.3 is 6.18 Å². The van der Waals surface area contributed by atoms with E-state index in [-0.39, 0.29) is 11.3 Å². The minimum absolute atomic E-state index is 0.199. The van der Waals surface area contributed by atoms with Crippen molar-refractivity contribution >= 4 is 22.8 Å². The lowest BCUT2D eigenvalue weighted by Crippen LogP contribution is -2.21. The lowest BCUT2D eigenvalue weighted by Gasteiger charge is -2.22. The zero-order valence-corrected chi connectivity index (χ0v) is 17.7. The Balaban J connectivity index is 0.000000391. The Kier molecular flexibility index (Phi) is 7.84. The van der Waals surface area contributed by atoms with E-state index in [1.54, 1.807) is 0 Å². The molecule has 0 radical (unpaired) electrons. The molecule has 2 aliphatic rings. The minimum atomic E-state index is -4.59. The Morgan fingerprint density at radius 3 is 2.26 bits per heavy atom. The van der Waals surface area contributed by atoms with Crippen LogP contribution in [0.15, 0.2) is 18.2 Å². The summed E-state index contributed by atoms with van der Waals surface area (Å²) < 4.78 is 62.9. The molecular formula is C20H25F3N5O2S-. The summed E-state index contributed by atoms with van der Waals surface area (Å²) in [5, 5.41) is 11.2. The second kappa shape index (κ2) is 10.4. The summed E-state index contributed by atoms with van der Waals surface area (Å²) in [4.78, 5) is 0. The molecular weight excluding hydrogens is 431 g/mol. The maximum atomic E-state index is 12.9. The van der Waals surface area contributed by atoms with Gasteiger partial charge in [-0.15, -0.1) is 10.2 Å². The second-order valence-corrected chi connectivity index (χ2v) is 8.18. The first-order valence-electron chi connectivity index (χ1n) is 10.2. The van der Waals surface area contributed by atoms with E-state index >= 15 is 0 Å². The number of alkyl halides is 3. The van der Waals surface area contributed by atoms with Gasteiger partial charge in [0.05, 0.1) is 16.9 Å². The number of anilines is 2. The van der Waals surface area contributed by atoms with Gasteiger partial charge in [0.25, 0.3) is 0 Å². The summed E-state index contributed by atoms with van der Waals surface area (Å²) >= 11 is -2.78. The molecule has 31 heavy (non-hydrogen) atoms. The lowest BCUT2D eigenvalue weighted by atomic mass is 9.89. The van der Waals surface area contributed by atoms with Crippen LogP contribution in [0.25, 0.3) is 11.3 Å². The summed E-state index contributed by atoms with van der Waals surface area (Å²) in [6.07, 6.45) is 2.82. The van der Waals surface area contributed by atoms with Crippen LogP contribution < -0.4 is 15.8 Å². The Morgan fingerprint density at radius 1 is 1.03 bits per heavy atom. The standard InChI is InChI=1S/C15H15F3N4O2S.C5H11N/c16-15(17,18)8-5-6-11(12(7-8)22-25(23)24)13-9-3-1-2-4-10(9)14(19)21-20-13;1-2-4-6-5-3-1/h5-7,22H,1-4H2,(H2,19,21)(H,23,24);6H,1-5H2/p-1. The molecule has 4 N–H and O–H groups in total. The van der Waals surface area contributed by atoms with Crippen LogP contribution in [0.4, 0.5) is 24.7 Å². The van der Waals surface area contributed by atoms with Gasteiger partial charge in [-0.3, -0.25) is 4.21 Å². The van der Waals surface area contributed by atoms with Gasteiger partial charge in [-0.1, -0.05) is 12.5 Å². The van der Waals surface area contributed by atoms with Gasteiger partial charge in [0.2, 0.25) is 0 Å². The molecule has 1 atom stereocenters. The fraction of sp³-hybridized carbons (Fsp3) is 0.500. The fourth-order valence-corrected chi connectivity index (χ4v) is 4.14. The SMILES string of the molecule is C1CCNCC1.Nc1nnc(-c2ccc(C(F)(F)F)cc2NS(=O)[O-])c2c1CCCC2. The average molecular weight is 457 g/mol.